The van der Waals surface area contributed by atoms with E-state index in [4.69, 9.17) is 15.6 Å². The summed E-state index contributed by atoms with van der Waals surface area (Å²) < 4.78 is 5.53. The molecule has 3 N–H and O–H groups in total. The van der Waals surface area contributed by atoms with Crippen LogP contribution in [0.1, 0.15) is 46.0 Å². The standard InChI is InChI=1S/C13H26N4O/c1-13(2)10-18-9-8-17(13)12(16-14)15-11-6-4-3-5-7-11/h11H,3-10,14H2,1-2H3,(H,15,16). The van der Waals surface area contributed by atoms with E-state index >= 15 is 0 Å². The molecule has 1 saturated heterocycles. The molecule has 2 aliphatic rings. The zero-order valence-corrected chi connectivity index (χ0v) is 11.6. The average molecular weight is 254 g/mol. The lowest BCUT2D eigenvalue weighted by Crippen LogP contribution is -2.60. The van der Waals surface area contributed by atoms with Gasteiger partial charge in [-0.05, 0) is 26.7 Å². The SMILES string of the molecule is CC1(C)COCCN1C(=NC1CCCCC1)NN. The molecule has 0 aromatic heterocycles. The number of nitrogens with zero attached hydrogens (tertiary/aromatic N) is 2. The smallest absolute Gasteiger partial charge is 0.209 e. The Kier molecular flexibility index (Phi) is 4.45. The molecule has 1 saturated carbocycles. The second-order valence-electron chi connectivity index (χ2n) is 5.91. The van der Waals surface area contributed by atoms with Crippen LogP contribution in [0.2, 0.25) is 0 Å². The third-order valence-corrected chi connectivity index (χ3v) is 3.91. The fraction of sp³-hybridized carbons (Fsp3) is 0.923. The van der Waals surface area contributed by atoms with Gasteiger partial charge in [-0.1, -0.05) is 19.3 Å². The van der Waals surface area contributed by atoms with E-state index < -0.39 is 0 Å². The maximum absolute atomic E-state index is 5.68. The first-order valence-electron chi connectivity index (χ1n) is 7.03. The van der Waals surface area contributed by atoms with Gasteiger partial charge in [0.2, 0.25) is 5.96 Å². The lowest BCUT2D eigenvalue weighted by Gasteiger charge is -2.43. The van der Waals surface area contributed by atoms with Crippen LogP contribution in [-0.2, 0) is 4.74 Å². The molecule has 18 heavy (non-hydrogen) atoms. The van der Waals surface area contributed by atoms with Crippen molar-refractivity contribution in [2.75, 3.05) is 19.8 Å². The molecule has 0 unspecified atom stereocenters. The number of guanidine groups is 1. The molecule has 0 radical (unpaired) electrons. The molecule has 0 amide bonds. The van der Waals surface area contributed by atoms with Gasteiger partial charge in [-0.2, -0.15) is 0 Å². The van der Waals surface area contributed by atoms with Crippen LogP contribution in [0.5, 0.6) is 0 Å². The summed E-state index contributed by atoms with van der Waals surface area (Å²) in [4.78, 5) is 7.07. The zero-order valence-electron chi connectivity index (χ0n) is 11.6. The van der Waals surface area contributed by atoms with Crippen molar-refractivity contribution in [1.29, 1.82) is 0 Å². The Bertz CT molecular complexity index is 297. The maximum atomic E-state index is 5.68. The quantitative estimate of drug-likeness (QED) is 0.320. The minimum Gasteiger partial charge on any atom is -0.377 e. The average Bonchev–Trinajstić information content (AvgIpc) is 2.37. The molecule has 5 heteroatoms. The summed E-state index contributed by atoms with van der Waals surface area (Å²) in [5, 5.41) is 0. The summed E-state index contributed by atoms with van der Waals surface area (Å²) >= 11 is 0. The minimum atomic E-state index is -0.0435. The van der Waals surface area contributed by atoms with Crippen LogP contribution in [0, 0.1) is 0 Å². The molecule has 2 rings (SSSR count). The molecule has 0 atom stereocenters. The molecule has 1 aliphatic carbocycles. The number of ether oxygens (including phenoxy) is 1. The van der Waals surface area contributed by atoms with Crippen LogP contribution in [0.3, 0.4) is 0 Å². The second kappa shape index (κ2) is 5.89. The Morgan fingerprint density at radius 1 is 1.33 bits per heavy atom. The predicted molar refractivity (Wildman–Crippen MR) is 73.2 cm³/mol. The van der Waals surface area contributed by atoms with E-state index in [9.17, 15) is 0 Å². The highest BCUT2D eigenvalue weighted by Crippen LogP contribution is 2.23. The fourth-order valence-electron chi connectivity index (χ4n) is 2.82. The normalized spacial score (nSPS) is 26.2. The Balaban J connectivity index is 2.08. The molecular weight excluding hydrogens is 228 g/mol. The molecule has 0 spiro atoms. The molecule has 0 aromatic carbocycles. The maximum Gasteiger partial charge on any atom is 0.209 e. The molecule has 1 heterocycles. The van der Waals surface area contributed by atoms with Gasteiger partial charge in [-0.25, -0.2) is 10.8 Å². The molecule has 0 bridgehead atoms. The Hall–Kier alpha value is -0.810. The monoisotopic (exact) mass is 254 g/mol. The van der Waals surface area contributed by atoms with Crippen molar-refractivity contribution in [3.63, 3.8) is 0 Å². The van der Waals surface area contributed by atoms with Gasteiger partial charge >= 0.3 is 0 Å². The van der Waals surface area contributed by atoms with Crippen molar-refractivity contribution in [2.24, 2.45) is 10.8 Å². The summed E-state index contributed by atoms with van der Waals surface area (Å²) in [5.41, 5.74) is 2.75. The second-order valence-corrected chi connectivity index (χ2v) is 5.91. The van der Waals surface area contributed by atoms with Crippen molar-refractivity contribution in [3.05, 3.63) is 0 Å². The molecule has 1 aliphatic heterocycles. The molecule has 104 valence electrons. The van der Waals surface area contributed by atoms with Gasteiger partial charge in [-0.3, -0.25) is 5.43 Å². The number of aliphatic imine (C=N–C) groups is 1. The lowest BCUT2D eigenvalue weighted by atomic mass is 9.96. The van der Waals surface area contributed by atoms with Gasteiger partial charge in [0.25, 0.3) is 0 Å². The molecule has 0 aromatic rings. The number of rotatable bonds is 1. The number of morpholine rings is 1. The zero-order chi connectivity index (χ0) is 13.0. The summed E-state index contributed by atoms with van der Waals surface area (Å²) in [6.45, 7) is 6.65. The van der Waals surface area contributed by atoms with Gasteiger partial charge in [-0.15, -0.1) is 0 Å². The third kappa shape index (κ3) is 3.14. The van der Waals surface area contributed by atoms with Gasteiger partial charge in [0.15, 0.2) is 0 Å². The van der Waals surface area contributed by atoms with E-state index in [-0.39, 0.29) is 5.54 Å². The van der Waals surface area contributed by atoms with Gasteiger partial charge in [0, 0.05) is 6.54 Å². The van der Waals surface area contributed by atoms with E-state index in [0.717, 1.165) is 25.7 Å². The summed E-state index contributed by atoms with van der Waals surface area (Å²) in [6, 6.07) is 0.434. The first-order valence-corrected chi connectivity index (χ1v) is 7.03. The number of hydrogen-bond donors (Lipinski definition) is 2. The van der Waals surface area contributed by atoms with Crippen LogP contribution in [0.25, 0.3) is 0 Å². The minimum absolute atomic E-state index is 0.0435. The van der Waals surface area contributed by atoms with E-state index in [1.54, 1.807) is 0 Å². The predicted octanol–water partition coefficient (Wildman–Crippen LogP) is 1.25. The number of hydrogen-bond acceptors (Lipinski definition) is 3. The molecule has 2 fully saturated rings. The first kappa shape index (κ1) is 13.6. The number of nitrogens with one attached hydrogen (secondary N) is 1. The highest BCUT2D eigenvalue weighted by molar-refractivity contribution is 5.80. The summed E-state index contributed by atoms with van der Waals surface area (Å²) in [6.07, 6.45) is 6.31. The fourth-order valence-corrected chi connectivity index (χ4v) is 2.82. The highest BCUT2D eigenvalue weighted by atomic mass is 16.5. The largest absolute Gasteiger partial charge is 0.377 e. The van der Waals surface area contributed by atoms with E-state index in [1.165, 1.54) is 32.1 Å². The summed E-state index contributed by atoms with van der Waals surface area (Å²) in [5.74, 6) is 6.51. The van der Waals surface area contributed by atoms with Crippen LogP contribution >= 0.6 is 0 Å². The van der Waals surface area contributed by atoms with Crippen LogP contribution < -0.4 is 11.3 Å². The van der Waals surface area contributed by atoms with Crippen LogP contribution in [0.15, 0.2) is 4.99 Å². The van der Waals surface area contributed by atoms with Gasteiger partial charge in [0.05, 0.1) is 24.8 Å². The first-order chi connectivity index (χ1) is 8.63. The topological polar surface area (TPSA) is 62.9 Å². The summed E-state index contributed by atoms with van der Waals surface area (Å²) in [7, 11) is 0. The van der Waals surface area contributed by atoms with Crippen molar-refractivity contribution in [2.45, 2.75) is 57.5 Å². The molecule has 5 nitrogen and oxygen atoms in total. The van der Waals surface area contributed by atoms with Crippen LogP contribution in [0.4, 0.5) is 0 Å². The third-order valence-electron chi connectivity index (χ3n) is 3.91. The number of hydrazine groups is 1. The van der Waals surface area contributed by atoms with Crippen molar-refractivity contribution < 1.29 is 4.74 Å². The van der Waals surface area contributed by atoms with Gasteiger partial charge in [0.1, 0.15) is 0 Å². The molecular formula is C13H26N4O. The van der Waals surface area contributed by atoms with Crippen molar-refractivity contribution in [1.82, 2.24) is 10.3 Å². The van der Waals surface area contributed by atoms with E-state index in [1.807, 2.05) is 0 Å². The van der Waals surface area contributed by atoms with Crippen molar-refractivity contribution >= 4 is 5.96 Å². The van der Waals surface area contributed by atoms with E-state index in [2.05, 4.69) is 24.2 Å². The van der Waals surface area contributed by atoms with Crippen molar-refractivity contribution in [3.8, 4) is 0 Å². The Morgan fingerprint density at radius 3 is 2.67 bits per heavy atom. The Labute approximate surface area is 110 Å². The van der Waals surface area contributed by atoms with E-state index in [0.29, 0.717) is 6.04 Å². The highest BCUT2D eigenvalue weighted by Gasteiger charge is 2.33. The lowest BCUT2D eigenvalue weighted by molar-refractivity contribution is -0.0169. The Morgan fingerprint density at radius 2 is 2.06 bits per heavy atom. The van der Waals surface area contributed by atoms with Crippen LogP contribution in [-0.4, -0.2) is 42.2 Å². The number of nitrogens with two attached hydrogens (primary N) is 1. The van der Waals surface area contributed by atoms with Gasteiger partial charge < -0.3 is 9.64 Å².